The molecular formula is C16H23NO3. The highest BCUT2D eigenvalue weighted by Crippen LogP contribution is 2.32. The van der Waals surface area contributed by atoms with Gasteiger partial charge in [0.05, 0.1) is 38.2 Å². The minimum atomic E-state index is 0.250. The van der Waals surface area contributed by atoms with Gasteiger partial charge in [0, 0.05) is 12.6 Å². The van der Waals surface area contributed by atoms with Gasteiger partial charge in [0.1, 0.15) is 5.76 Å². The molecule has 3 rings (SSSR count). The van der Waals surface area contributed by atoms with E-state index in [4.69, 9.17) is 13.9 Å². The number of nitrogens with zero attached hydrogens (tertiary/aromatic N) is 1. The third-order valence-electron chi connectivity index (χ3n) is 4.23. The van der Waals surface area contributed by atoms with Gasteiger partial charge >= 0.3 is 0 Å². The number of hydrogen-bond donors (Lipinski definition) is 0. The number of furan rings is 1. The van der Waals surface area contributed by atoms with Crippen molar-refractivity contribution in [2.75, 3.05) is 19.8 Å². The fourth-order valence-electron chi connectivity index (χ4n) is 3.29. The maximum atomic E-state index is 6.17. The van der Waals surface area contributed by atoms with Crippen LogP contribution in [0.5, 0.6) is 0 Å². The number of ether oxygens (including phenoxy) is 2. The average molecular weight is 277 g/mol. The summed E-state index contributed by atoms with van der Waals surface area (Å²) in [5, 5.41) is 0. The summed E-state index contributed by atoms with van der Waals surface area (Å²) < 4.78 is 17.1. The molecule has 2 aliphatic heterocycles. The first-order valence-corrected chi connectivity index (χ1v) is 7.47. The Balaban J connectivity index is 1.50. The molecule has 0 unspecified atom stereocenters. The summed E-state index contributed by atoms with van der Waals surface area (Å²) in [4.78, 5) is 2.49. The van der Waals surface area contributed by atoms with Gasteiger partial charge in [0.15, 0.2) is 0 Å². The van der Waals surface area contributed by atoms with Gasteiger partial charge in [-0.25, -0.2) is 0 Å². The van der Waals surface area contributed by atoms with Crippen LogP contribution in [0.3, 0.4) is 0 Å². The van der Waals surface area contributed by atoms with Crippen molar-refractivity contribution in [3.63, 3.8) is 0 Å². The van der Waals surface area contributed by atoms with Crippen LogP contribution < -0.4 is 0 Å². The van der Waals surface area contributed by atoms with Crippen molar-refractivity contribution < 1.29 is 13.9 Å². The van der Waals surface area contributed by atoms with Crippen LogP contribution in [-0.2, 0) is 16.0 Å². The van der Waals surface area contributed by atoms with Gasteiger partial charge in [0.25, 0.3) is 0 Å². The fourth-order valence-corrected chi connectivity index (χ4v) is 3.29. The molecule has 3 atom stereocenters. The summed E-state index contributed by atoms with van der Waals surface area (Å²) in [7, 11) is 0. The standard InChI is InChI=1S/C16H23NO3/c1-2-9-18-12-14-5-6-15-16(20-14)7-8-17(15)11-13-4-3-10-19-13/h2-4,10,14-16H,1,5-9,11-12H2/t14-,15-,16-/m1/s1. The average Bonchev–Trinajstić information content (AvgIpc) is 3.10. The smallest absolute Gasteiger partial charge is 0.117 e. The first-order chi connectivity index (χ1) is 9.86. The van der Waals surface area contributed by atoms with Gasteiger partial charge in [-0.15, -0.1) is 6.58 Å². The molecule has 3 heterocycles. The Bertz CT molecular complexity index is 417. The van der Waals surface area contributed by atoms with Crippen molar-refractivity contribution >= 4 is 0 Å². The van der Waals surface area contributed by atoms with E-state index in [1.165, 1.54) is 6.42 Å². The van der Waals surface area contributed by atoms with Crippen LogP contribution in [0.1, 0.15) is 25.0 Å². The zero-order chi connectivity index (χ0) is 13.8. The quantitative estimate of drug-likeness (QED) is 0.591. The van der Waals surface area contributed by atoms with Crippen molar-refractivity contribution in [2.45, 2.75) is 44.1 Å². The van der Waals surface area contributed by atoms with Crippen LogP contribution in [0.4, 0.5) is 0 Å². The minimum absolute atomic E-state index is 0.250. The zero-order valence-electron chi connectivity index (χ0n) is 11.9. The molecule has 0 bridgehead atoms. The third kappa shape index (κ3) is 3.14. The Labute approximate surface area is 120 Å². The maximum Gasteiger partial charge on any atom is 0.117 e. The third-order valence-corrected chi connectivity index (χ3v) is 4.23. The Hall–Kier alpha value is -1.10. The highest BCUT2D eigenvalue weighted by Gasteiger charge is 2.39. The number of fused-ring (bicyclic) bond motifs is 1. The van der Waals surface area contributed by atoms with Gasteiger partial charge in [-0.2, -0.15) is 0 Å². The van der Waals surface area contributed by atoms with Gasteiger partial charge in [-0.05, 0) is 31.4 Å². The summed E-state index contributed by atoms with van der Waals surface area (Å²) in [6, 6.07) is 4.53. The van der Waals surface area contributed by atoms with Crippen LogP contribution in [0, 0.1) is 0 Å². The van der Waals surface area contributed by atoms with Crippen LogP contribution in [0.25, 0.3) is 0 Å². The van der Waals surface area contributed by atoms with Crippen LogP contribution >= 0.6 is 0 Å². The Morgan fingerprint density at radius 1 is 1.40 bits per heavy atom. The zero-order valence-corrected chi connectivity index (χ0v) is 11.9. The van der Waals surface area contributed by atoms with Gasteiger partial charge in [0.2, 0.25) is 0 Å². The Morgan fingerprint density at radius 2 is 2.35 bits per heavy atom. The summed E-state index contributed by atoms with van der Waals surface area (Å²) in [5.41, 5.74) is 0. The Morgan fingerprint density at radius 3 is 3.15 bits per heavy atom. The topological polar surface area (TPSA) is 34.8 Å². The lowest BCUT2D eigenvalue weighted by Gasteiger charge is -2.35. The molecule has 0 spiro atoms. The molecule has 20 heavy (non-hydrogen) atoms. The van der Waals surface area contributed by atoms with E-state index in [2.05, 4.69) is 11.5 Å². The molecule has 0 aromatic carbocycles. The molecule has 0 N–H and O–H groups in total. The monoisotopic (exact) mass is 277 g/mol. The van der Waals surface area contributed by atoms with E-state index in [-0.39, 0.29) is 6.10 Å². The fraction of sp³-hybridized carbons (Fsp3) is 0.625. The minimum Gasteiger partial charge on any atom is -0.468 e. The summed E-state index contributed by atoms with van der Waals surface area (Å²) in [5.74, 6) is 1.04. The molecule has 0 saturated carbocycles. The van der Waals surface area contributed by atoms with E-state index in [0.29, 0.717) is 25.4 Å². The van der Waals surface area contributed by atoms with Crippen molar-refractivity contribution in [2.24, 2.45) is 0 Å². The SMILES string of the molecule is C=CCOC[C@H]1CC[C@@H]2[C@@H](CCN2Cc2ccco2)O1. The molecule has 0 amide bonds. The highest BCUT2D eigenvalue weighted by atomic mass is 16.5. The van der Waals surface area contributed by atoms with E-state index in [0.717, 1.165) is 31.7 Å². The molecule has 2 saturated heterocycles. The lowest BCUT2D eigenvalue weighted by atomic mass is 9.99. The molecule has 4 nitrogen and oxygen atoms in total. The van der Waals surface area contributed by atoms with E-state index in [1.54, 1.807) is 12.3 Å². The lowest BCUT2D eigenvalue weighted by Crippen LogP contribution is -2.43. The van der Waals surface area contributed by atoms with E-state index in [9.17, 15) is 0 Å². The van der Waals surface area contributed by atoms with E-state index >= 15 is 0 Å². The number of rotatable bonds is 6. The Kier molecular flexibility index (Phi) is 4.55. The largest absolute Gasteiger partial charge is 0.468 e. The van der Waals surface area contributed by atoms with Crippen LogP contribution in [0.15, 0.2) is 35.5 Å². The first-order valence-electron chi connectivity index (χ1n) is 7.47. The molecule has 1 aromatic rings. The van der Waals surface area contributed by atoms with Crippen LogP contribution in [-0.4, -0.2) is 42.9 Å². The van der Waals surface area contributed by atoms with Gasteiger partial charge in [-0.3, -0.25) is 4.90 Å². The molecule has 2 fully saturated rings. The van der Waals surface area contributed by atoms with Crippen molar-refractivity contribution in [3.05, 3.63) is 36.8 Å². The number of hydrogen-bond acceptors (Lipinski definition) is 4. The first kappa shape index (κ1) is 13.9. The lowest BCUT2D eigenvalue weighted by molar-refractivity contribution is -0.0974. The van der Waals surface area contributed by atoms with Gasteiger partial charge < -0.3 is 13.9 Å². The second-order valence-electron chi connectivity index (χ2n) is 5.61. The molecule has 0 aliphatic carbocycles. The molecule has 4 heteroatoms. The molecule has 0 radical (unpaired) electrons. The second kappa shape index (κ2) is 6.57. The predicted molar refractivity (Wildman–Crippen MR) is 76.4 cm³/mol. The van der Waals surface area contributed by atoms with Crippen LogP contribution in [0.2, 0.25) is 0 Å². The normalized spacial score (nSPS) is 30.3. The molecule has 1 aromatic heterocycles. The maximum absolute atomic E-state index is 6.17. The molecule has 110 valence electrons. The van der Waals surface area contributed by atoms with E-state index in [1.807, 2.05) is 12.1 Å². The van der Waals surface area contributed by atoms with Gasteiger partial charge in [-0.1, -0.05) is 6.08 Å². The highest BCUT2D eigenvalue weighted by molar-refractivity contribution is 5.01. The predicted octanol–water partition coefficient (Wildman–Crippen LogP) is 2.60. The van der Waals surface area contributed by atoms with Crippen molar-refractivity contribution in [1.29, 1.82) is 0 Å². The second-order valence-corrected chi connectivity index (χ2v) is 5.61. The van der Waals surface area contributed by atoms with Crippen molar-refractivity contribution in [3.8, 4) is 0 Å². The molecular weight excluding hydrogens is 254 g/mol. The van der Waals surface area contributed by atoms with Crippen molar-refractivity contribution in [1.82, 2.24) is 4.90 Å². The van der Waals surface area contributed by atoms with E-state index < -0.39 is 0 Å². The summed E-state index contributed by atoms with van der Waals surface area (Å²) in [6.45, 7) is 6.95. The molecule has 2 aliphatic rings. The number of likely N-dealkylation sites (tertiary alicyclic amines) is 1. The summed E-state index contributed by atoms with van der Waals surface area (Å²) in [6.07, 6.45) is 7.51. The summed E-state index contributed by atoms with van der Waals surface area (Å²) >= 11 is 0.